The Kier molecular flexibility index (Phi) is 3.34. The number of carboxylic acid groups (broad SMARTS) is 1. The molecule has 0 aromatic heterocycles. The van der Waals surface area contributed by atoms with Gasteiger partial charge in [0.1, 0.15) is 5.92 Å². The van der Waals surface area contributed by atoms with E-state index in [4.69, 9.17) is 9.84 Å². The molecule has 7 nitrogen and oxygen atoms in total. The third kappa shape index (κ3) is 2.59. The fourth-order valence-corrected chi connectivity index (χ4v) is 2.56. The van der Waals surface area contributed by atoms with Crippen molar-refractivity contribution in [2.45, 2.75) is 12.5 Å². The third-order valence-electron chi connectivity index (χ3n) is 3.71. The SMILES string of the molecule is O=C1Cc2cc(C(=O)NC3COCC3C(=O)O)ccc2N1. The quantitative estimate of drug-likeness (QED) is 0.727. The number of aliphatic carboxylic acids is 1. The molecule has 1 saturated heterocycles. The van der Waals surface area contributed by atoms with Crippen LogP contribution in [0.5, 0.6) is 0 Å². The van der Waals surface area contributed by atoms with Crippen LogP contribution in [0.25, 0.3) is 0 Å². The Hall–Kier alpha value is -2.41. The van der Waals surface area contributed by atoms with Crippen molar-refractivity contribution in [3.05, 3.63) is 29.3 Å². The van der Waals surface area contributed by atoms with Crippen LogP contribution in [0.1, 0.15) is 15.9 Å². The van der Waals surface area contributed by atoms with Gasteiger partial charge in [0.25, 0.3) is 5.91 Å². The van der Waals surface area contributed by atoms with Gasteiger partial charge in [0.05, 0.1) is 25.7 Å². The lowest BCUT2D eigenvalue weighted by Gasteiger charge is -2.15. The molecule has 1 fully saturated rings. The molecule has 3 rings (SSSR count). The molecule has 1 aromatic carbocycles. The lowest BCUT2D eigenvalue weighted by molar-refractivity contribution is -0.142. The van der Waals surface area contributed by atoms with E-state index in [9.17, 15) is 14.4 Å². The van der Waals surface area contributed by atoms with Crippen LogP contribution in [0.3, 0.4) is 0 Å². The Morgan fingerprint density at radius 3 is 2.90 bits per heavy atom. The number of benzene rings is 1. The van der Waals surface area contributed by atoms with E-state index in [-0.39, 0.29) is 31.4 Å². The van der Waals surface area contributed by atoms with E-state index < -0.39 is 17.9 Å². The summed E-state index contributed by atoms with van der Waals surface area (Å²) in [5, 5.41) is 14.4. The summed E-state index contributed by atoms with van der Waals surface area (Å²) in [6, 6.07) is 4.39. The molecule has 2 heterocycles. The molecule has 2 aliphatic rings. The number of fused-ring (bicyclic) bond motifs is 1. The van der Waals surface area contributed by atoms with Gasteiger partial charge in [-0.3, -0.25) is 14.4 Å². The number of ether oxygens (including phenoxy) is 1. The molecule has 1 aromatic rings. The zero-order valence-corrected chi connectivity index (χ0v) is 11.1. The summed E-state index contributed by atoms with van der Waals surface area (Å²) < 4.78 is 5.11. The maximum absolute atomic E-state index is 12.2. The summed E-state index contributed by atoms with van der Waals surface area (Å²) in [6.07, 6.45) is 0.251. The average Bonchev–Trinajstić information content (AvgIpc) is 3.02. The molecule has 110 valence electrons. The number of anilines is 1. The van der Waals surface area contributed by atoms with Crippen molar-refractivity contribution in [2.75, 3.05) is 18.5 Å². The predicted octanol–water partition coefficient (Wildman–Crippen LogP) is 0.0106. The minimum atomic E-state index is -0.985. The first-order chi connectivity index (χ1) is 10.0. The molecule has 2 amide bonds. The first-order valence-electron chi connectivity index (χ1n) is 6.59. The van der Waals surface area contributed by atoms with Crippen molar-refractivity contribution >= 4 is 23.5 Å². The molecule has 0 spiro atoms. The third-order valence-corrected chi connectivity index (χ3v) is 3.71. The normalized spacial score (nSPS) is 23.5. The predicted molar refractivity (Wildman–Crippen MR) is 72.0 cm³/mol. The summed E-state index contributed by atoms with van der Waals surface area (Å²) in [7, 11) is 0. The van der Waals surface area contributed by atoms with Gasteiger partial charge in [0, 0.05) is 11.3 Å². The Morgan fingerprint density at radius 1 is 1.33 bits per heavy atom. The molecule has 0 saturated carbocycles. The first-order valence-corrected chi connectivity index (χ1v) is 6.59. The lowest BCUT2D eigenvalue weighted by Crippen LogP contribution is -2.42. The Labute approximate surface area is 120 Å². The highest BCUT2D eigenvalue weighted by atomic mass is 16.5. The van der Waals surface area contributed by atoms with Crippen LogP contribution in [0.2, 0.25) is 0 Å². The molecule has 2 atom stereocenters. The van der Waals surface area contributed by atoms with Crippen LogP contribution in [-0.2, 0) is 20.7 Å². The Morgan fingerprint density at radius 2 is 2.14 bits per heavy atom. The van der Waals surface area contributed by atoms with E-state index in [1.807, 2.05) is 0 Å². The van der Waals surface area contributed by atoms with Crippen molar-refractivity contribution in [1.82, 2.24) is 5.32 Å². The monoisotopic (exact) mass is 290 g/mol. The lowest BCUT2D eigenvalue weighted by atomic mass is 10.0. The van der Waals surface area contributed by atoms with Gasteiger partial charge >= 0.3 is 5.97 Å². The van der Waals surface area contributed by atoms with Crippen LogP contribution in [0.4, 0.5) is 5.69 Å². The van der Waals surface area contributed by atoms with Gasteiger partial charge < -0.3 is 20.5 Å². The van der Waals surface area contributed by atoms with Crippen molar-refractivity contribution in [3.8, 4) is 0 Å². The molecular formula is C14H14N2O5. The number of nitrogens with one attached hydrogen (secondary N) is 2. The summed E-state index contributed by atoms with van der Waals surface area (Å²) in [6.45, 7) is 0.288. The van der Waals surface area contributed by atoms with Crippen molar-refractivity contribution in [2.24, 2.45) is 5.92 Å². The van der Waals surface area contributed by atoms with Gasteiger partial charge in [-0.2, -0.15) is 0 Å². The number of amides is 2. The number of rotatable bonds is 3. The van der Waals surface area contributed by atoms with E-state index in [1.165, 1.54) is 0 Å². The number of carboxylic acids is 1. The van der Waals surface area contributed by atoms with Crippen LogP contribution in [0.15, 0.2) is 18.2 Å². The van der Waals surface area contributed by atoms with Crippen molar-refractivity contribution in [1.29, 1.82) is 0 Å². The first kappa shape index (κ1) is 13.6. The van der Waals surface area contributed by atoms with Gasteiger partial charge in [-0.1, -0.05) is 0 Å². The van der Waals surface area contributed by atoms with Crippen LogP contribution in [0, 0.1) is 5.92 Å². The highest BCUT2D eigenvalue weighted by Gasteiger charge is 2.35. The zero-order chi connectivity index (χ0) is 15.0. The number of carbonyl (C=O) groups is 3. The number of hydrogen-bond acceptors (Lipinski definition) is 4. The summed E-state index contributed by atoms with van der Waals surface area (Å²) >= 11 is 0. The molecule has 0 bridgehead atoms. The Bertz CT molecular complexity index is 628. The van der Waals surface area contributed by atoms with E-state index in [0.29, 0.717) is 11.3 Å². The largest absolute Gasteiger partial charge is 0.481 e. The molecule has 3 N–H and O–H groups in total. The molecule has 2 aliphatic heterocycles. The van der Waals surface area contributed by atoms with Gasteiger partial charge in [-0.15, -0.1) is 0 Å². The summed E-state index contributed by atoms with van der Waals surface area (Å²) in [5.74, 6) is -2.18. The molecule has 0 radical (unpaired) electrons. The fraction of sp³-hybridized carbons (Fsp3) is 0.357. The number of carbonyl (C=O) groups excluding carboxylic acids is 2. The van der Waals surface area contributed by atoms with E-state index in [0.717, 1.165) is 5.56 Å². The Balaban J connectivity index is 1.73. The van der Waals surface area contributed by atoms with Gasteiger partial charge in [-0.25, -0.2) is 0 Å². The van der Waals surface area contributed by atoms with Crippen LogP contribution in [-0.4, -0.2) is 42.1 Å². The zero-order valence-electron chi connectivity index (χ0n) is 11.1. The maximum atomic E-state index is 12.2. The molecule has 0 aliphatic carbocycles. The highest BCUT2D eigenvalue weighted by Crippen LogP contribution is 2.24. The van der Waals surface area contributed by atoms with E-state index in [2.05, 4.69) is 10.6 Å². The molecule has 7 heteroatoms. The molecule has 2 unspecified atom stereocenters. The second kappa shape index (κ2) is 5.17. The smallest absolute Gasteiger partial charge is 0.311 e. The van der Waals surface area contributed by atoms with Crippen LogP contribution < -0.4 is 10.6 Å². The van der Waals surface area contributed by atoms with E-state index >= 15 is 0 Å². The molecular weight excluding hydrogens is 276 g/mol. The van der Waals surface area contributed by atoms with Crippen molar-refractivity contribution in [3.63, 3.8) is 0 Å². The topological polar surface area (TPSA) is 105 Å². The van der Waals surface area contributed by atoms with E-state index in [1.54, 1.807) is 18.2 Å². The molecule has 21 heavy (non-hydrogen) atoms. The second-order valence-electron chi connectivity index (χ2n) is 5.16. The van der Waals surface area contributed by atoms with Gasteiger partial charge in [-0.05, 0) is 23.8 Å². The van der Waals surface area contributed by atoms with Gasteiger partial charge in [0.2, 0.25) is 5.91 Å². The van der Waals surface area contributed by atoms with Crippen molar-refractivity contribution < 1.29 is 24.2 Å². The average molecular weight is 290 g/mol. The standard InChI is InChI=1S/C14H14N2O5/c17-12-4-8-3-7(1-2-10(8)15-12)13(18)16-11-6-21-5-9(11)14(19)20/h1-3,9,11H,4-6H2,(H,15,17)(H,16,18)(H,19,20). The summed E-state index contributed by atoms with van der Waals surface area (Å²) in [4.78, 5) is 34.5. The minimum Gasteiger partial charge on any atom is -0.481 e. The van der Waals surface area contributed by atoms with Gasteiger partial charge in [0.15, 0.2) is 0 Å². The second-order valence-corrected chi connectivity index (χ2v) is 5.16. The highest BCUT2D eigenvalue weighted by molar-refractivity contribution is 6.01. The fourth-order valence-electron chi connectivity index (χ4n) is 2.56. The van der Waals surface area contributed by atoms with Crippen LogP contribution >= 0.6 is 0 Å². The summed E-state index contributed by atoms with van der Waals surface area (Å²) in [5.41, 5.74) is 1.88. The number of hydrogen-bond donors (Lipinski definition) is 3. The minimum absolute atomic E-state index is 0.0994. The maximum Gasteiger partial charge on any atom is 0.311 e.